The lowest BCUT2D eigenvalue weighted by atomic mass is 10.2. The van der Waals surface area contributed by atoms with Gasteiger partial charge in [0.25, 0.3) is 5.56 Å². The Morgan fingerprint density at radius 3 is 2.55 bits per heavy atom. The van der Waals surface area contributed by atoms with E-state index < -0.39 is 0 Å². The quantitative estimate of drug-likeness (QED) is 0.529. The van der Waals surface area contributed by atoms with Crippen LogP contribution in [0.2, 0.25) is 0 Å². The zero-order valence-electron chi connectivity index (χ0n) is 12.5. The normalized spacial score (nSPS) is 11.0. The van der Waals surface area contributed by atoms with Crippen molar-refractivity contribution in [2.24, 2.45) is 0 Å². The van der Waals surface area contributed by atoms with Crippen molar-refractivity contribution in [1.29, 1.82) is 0 Å². The zero-order valence-corrected chi connectivity index (χ0v) is 13.3. The molecule has 0 fully saturated rings. The highest BCUT2D eigenvalue weighted by molar-refractivity contribution is 7.99. The Hall–Kier alpha value is -2.07. The monoisotopic (exact) mass is 310 g/mol. The van der Waals surface area contributed by atoms with Crippen LogP contribution in [0, 0.1) is 0 Å². The third-order valence-electron chi connectivity index (χ3n) is 3.45. The van der Waals surface area contributed by atoms with E-state index in [0.29, 0.717) is 11.9 Å². The molecule has 0 aliphatic carbocycles. The molecule has 3 nitrogen and oxygen atoms in total. The van der Waals surface area contributed by atoms with Crippen LogP contribution < -0.4 is 5.56 Å². The number of hydrogen-bond acceptors (Lipinski definition) is 3. The summed E-state index contributed by atoms with van der Waals surface area (Å²) in [7, 11) is 0. The van der Waals surface area contributed by atoms with Crippen molar-refractivity contribution in [2.45, 2.75) is 25.0 Å². The van der Waals surface area contributed by atoms with Crippen LogP contribution in [0.5, 0.6) is 0 Å². The van der Waals surface area contributed by atoms with E-state index in [1.165, 1.54) is 0 Å². The molecule has 2 aromatic carbocycles. The predicted molar refractivity (Wildman–Crippen MR) is 92.6 cm³/mol. The molecule has 4 heteroatoms. The van der Waals surface area contributed by atoms with E-state index in [-0.39, 0.29) is 5.56 Å². The molecule has 0 aliphatic rings. The van der Waals surface area contributed by atoms with Gasteiger partial charge in [-0.3, -0.25) is 9.36 Å². The molecule has 0 spiro atoms. The fourth-order valence-corrected chi connectivity index (χ4v) is 3.21. The molecular formula is C18H18N2OS. The average Bonchev–Trinajstić information content (AvgIpc) is 2.57. The van der Waals surface area contributed by atoms with Crippen molar-refractivity contribution in [2.75, 3.05) is 5.75 Å². The minimum atomic E-state index is 0.0352. The summed E-state index contributed by atoms with van der Waals surface area (Å²) in [6.45, 7) is 2.69. The predicted octanol–water partition coefficient (Wildman–Crippen LogP) is 3.95. The van der Waals surface area contributed by atoms with E-state index in [9.17, 15) is 4.79 Å². The summed E-state index contributed by atoms with van der Waals surface area (Å²) in [6.07, 6.45) is 1.05. The van der Waals surface area contributed by atoms with E-state index in [0.717, 1.165) is 28.4 Å². The number of benzene rings is 2. The molecule has 1 aromatic heterocycles. The van der Waals surface area contributed by atoms with Gasteiger partial charge < -0.3 is 0 Å². The van der Waals surface area contributed by atoms with Crippen LogP contribution in [0.3, 0.4) is 0 Å². The summed E-state index contributed by atoms with van der Waals surface area (Å²) in [5, 5.41) is 1.48. The van der Waals surface area contributed by atoms with Crippen molar-refractivity contribution >= 4 is 22.7 Å². The second kappa shape index (κ2) is 6.79. The molecule has 0 unspecified atom stereocenters. The van der Waals surface area contributed by atoms with Gasteiger partial charge in [0.1, 0.15) is 0 Å². The molecule has 0 bridgehead atoms. The maximum absolute atomic E-state index is 12.8. The van der Waals surface area contributed by atoms with E-state index >= 15 is 0 Å². The van der Waals surface area contributed by atoms with Gasteiger partial charge in [0, 0.05) is 5.75 Å². The van der Waals surface area contributed by atoms with Gasteiger partial charge in [0.2, 0.25) is 0 Å². The van der Waals surface area contributed by atoms with Gasteiger partial charge in [-0.1, -0.05) is 61.2 Å². The van der Waals surface area contributed by atoms with Crippen molar-refractivity contribution < 1.29 is 0 Å². The van der Waals surface area contributed by atoms with Crippen molar-refractivity contribution in [3.05, 3.63) is 70.5 Å². The summed E-state index contributed by atoms with van der Waals surface area (Å²) in [6, 6.07) is 17.6. The first-order chi connectivity index (χ1) is 10.8. The third kappa shape index (κ3) is 3.07. The zero-order chi connectivity index (χ0) is 15.4. The first-order valence-electron chi connectivity index (χ1n) is 7.46. The SMILES string of the molecule is CCCSc1nc2ccccc2c(=O)n1Cc1ccccc1. The first-order valence-corrected chi connectivity index (χ1v) is 8.44. The van der Waals surface area contributed by atoms with Crippen LogP contribution in [-0.2, 0) is 6.54 Å². The topological polar surface area (TPSA) is 34.9 Å². The third-order valence-corrected chi connectivity index (χ3v) is 4.63. The number of nitrogens with zero attached hydrogens (tertiary/aromatic N) is 2. The van der Waals surface area contributed by atoms with Gasteiger partial charge in [0.15, 0.2) is 5.16 Å². The smallest absolute Gasteiger partial charge is 0.262 e. The number of rotatable bonds is 5. The van der Waals surface area contributed by atoms with Gasteiger partial charge >= 0.3 is 0 Å². The van der Waals surface area contributed by atoms with E-state index in [4.69, 9.17) is 4.98 Å². The summed E-state index contributed by atoms with van der Waals surface area (Å²) in [5.41, 5.74) is 1.92. The highest BCUT2D eigenvalue weighted by Gasteiger charge is 2.11. The molecule has 3 rings (SSSR count). The number of hydrogen-bond donors (Lipinski definition) is 0. The van der Waals surface area contributed by atoms with Gasteiger partial charge in [-0.2, -0.15) is 0 Å². The van der Waals surface area contributed by atoms with Crippen LogP contribution in [0.25, 0.3) is 10.9 Å². The minimum absolute atomic E-state index is 0.0352. The lowest BCUT2D eigenvalue weighted by Gasteiger charge is -2.13. The van der Waals surface area contributed by atoms with Crippen LogP contribution in [0.15, 0.2) is 64.5 Å². The Kier molecular flexibility index (Phi) is 4.59. The van der Waals surface area contributed by atoms with Gasteiger partial charge in [-0.05, 0) is 24.1 Å². The molecule has 0 saturated carbocycles. The Bertz CT molecular complexity index is 827. The van der Waals surface area contributed by atoms with Crippen molar-refractivity contribution in [3.63, 3.8) is 0 Å². The number of aromatic nitrogens is 2. The van der Waals surface area contributed by atoms with Crippen LogP contribution in [0.1, 0.15) is 18.9 Å². The molecule has 22 heavy (non-hydrogen) atoms. The Labute approximate surface area is 134 Å². The van der Waals surface area contributed by atoms with Gasteiger partial charge in [0.05, 0.1) is 17.4 Å². The molecule has 112 valence electrons. The summed E-state index contributed by atoms with van der Waals surface area (Å²) in [5.74, 6) is 0.958. The molecule has 0 radical (unpaired) electrons. The fourth-order valence-electron chi connectivity index (χ4n) is 2.36. The summed E-state index contributed by atoms with van der Waals surface area (Å²) in [4.78, 5) is 17.5. The lowest BCUT2D eigenvalue weighted by Crippen LogP contribution is -2.24. The molecular weight excluding hydrogens is 292 g/mol. The molecule has 3 aromatic rings. The minimum Gasteiger partial charge on any atom is -0.283 e. The van der Waals surface area contributed by atoms with Crippen LogP contribution in [0.4, 0.5) is 0 Å². The maximum atomic E-state index is 12.8. The standard InChI is InChI=1S/C18H18N2OS/c1-2-12-22-18-19-16-11-7-6-10-15(16)17(21)20(18)13-14-8-4-3-5-9-14/h3-11H,2,12-13H2,1H3. The van der Waals surface area contributed by atoms with E-state index in [2.05, 4.69) is 6.92 Å². The second-order valence-electron chi connectivity index (χ2n) is 5.14. The van der Waals surface area contributed by atoms with E-state index in [1.807, 2.05) is 54.6 Å². The largest absolute Gasteiger partial charge is 0.283 e. The molecule has 1 heterocycles. The molecule has 0 atom stereocenters. The maximum Gasteiger partial charge on any atom is 0.262 e. The summed E-state index contributed by atoms with van der Waals surface area (Å²) < 4.78 is 1.79. The Morgan fingerprint density at radius 1 is 1.05 bits per heavy atom. The highest BCUT2D eigenvalue weighted by atomic mass is 32.2. The fraction of sp³-hybridized carbons (Fsp3) is 0.222. The van der Waals surface area contributed by atoms with Crippen molar-refractivity contribution in [3.8, 4) is 0 Å². The van der Waals surface area contributed by atoms with E-state index in [1.54, 1.807) is 16.3 Å². The Balaban J connectivity index is 2.12. The second-order valence-corrected chi connectivity index (χ2v) is 6.20. The van der Waals surface area contributed by atoms with Crippen molar-refractivity contribution in [1.82, 2.24) is 9.55 Å². The first kappa shape index (κ1) is 14.9. The number of thioether (sulfide) groups is 1. The van der Waals surface area contributed by atoms with Gasteiger partial charge in [-0.15, -0.1) is 0 Å². The average molecular weight is 310 g/mol. The number of fused-ring (bicyclic) bond motifs is 1. The highest BCUT2D eigenvalue weighted by Crippen LogP contribution is 2.19. The molecule has 0 saturated heterocycles. The Morgan fingerprint density at radius 2 is 1.77 bits per heavy atom. The molecule has 0 aliphatic heterocycles. The van der Waals surface area contributed by atoms with Crippen LogP contribution in [-0.4, -0.2) is 15.3 Å². The molecule has 0 amide bonds. The lowest BCUT2D eigenvalue weighted by molar-refractivity contribution is 0.658. The molecule has 0 N–H and O–H groups in total. The van der Waals surface area contributed by atoms with Crippen LogP contribution >= 0.6 is 11.8 Å². The summed E-state index contributed by atoms with van der Waals surface area (Å²) >= 11 is 1.65. The number of para-hydroxylation sites is 1. The van der Waals surface area contributed by atoms with Gasteiger partial charge in [-0.25, -0.2) is 4.98 Å².